The number of amides is 4. The van der Waals surface area contributed by atoms with Gasteiger partial charge in [-0.3, -0.25) is 9.59 Å². The molecule has 10 nitrogen and oxygen atoms in total. The van der Waals surface area contributed by atoms with E-state index >= 15 is 0 Å². The third-order valence-electron chi connectivity index (χ3n) is 6.72. The SMILES string of the molecule is Cc1ccc2cccc(OCc3c(Cl)ccc(N(C)C(=O)CNC(=O)Nc4cccc(C(=O)NCCN(C)C)c4)c3Cl)c2n1. The number of hydrogen-bond donors (Lipinski definition) is 3. The van der Waals surface area contributed by atoms with Crippen molar-refractivity contribution in [2.24, 2.45) is 0 Å². The van der Waals surface area contributed by atoms with Gasteiger partial charge < -0.3 is 30.5 Å². The Morgan fingerprint density at radius 3 is 2.48 bits per heavy atom. The second-order valence-corrected chi connectivity index (χ2v) is 11.1. The molecule has 0 bridgehead atoms. The molecular formula is C32H34Cl2N6O4. The molecule has 44 heavy (non-hydrogen) atoms. The van der Waals surface area contributed by atoms with E-state index in [0.29, 0.717) is 46.4 Å². The third-order valence-corrected chi connectivity index (χ3v) is 7.50. The summed E-state index contributed by atoms with van der Waals surface area (Å²) in [5.74, 6) is -0.0842. The molecule has 0 spiro atoms. The molecule has 4 aromatic rings. The smallest absolute Gasteiger partial charge is 0.319 e. The number of carbonyl (C=O) groups excluding carboxylic acids is 3. The van der Waals surface area contributed by atoms with E-state index in [2.05, 4.69) is 20.9 Å². The summed E-state index contributed by atoms with van der Waals surface area (Å²) < 4.78 is 6.08. The number of halogens is 2. The monoisotopic (exact) mass is 636 g/mol. The van der Waals surface area contributed by atoms with E-state index < -0.39 is 11.9 Å². The van der Waals surface area contributed by atoms with E-state index in [-0.39, 0.29) is 24.1 Å². The molecule has 3 aromatic carbocycles. The van der Waals surface area contributed by atoms with Crippen molar-refractivity contribution in [1.29, 1.82) is 0 Å². The fourth-order valence-electron chi connectivity index (χ4n) is 4.28. The zero-order chi connectivity index (χ0) is 31.8. The number of ether oxygens (including phenoxy) is 1. The lowest BCUT2D eigenvalue weighted by Crippen LogP contribution is -2.40. The number of aryl methyl sites for hydroxylation is 1. The number of likely N-dealkylation sites (N-methyl/N-ethyl adjacent to an activating group) is 2. The molecule has 3 N–H and O–H groups in total. The van der Waals surface area contributed by atoms with Crippen molar-refractivity contribution in [3.8, 4) is 5.75 Å². The average molecular weight is 638 g/mol. The van der Waals surface area contributed by atoms with Crippen LogP contribution in [0, 0.1) is 6.92 Å². The van der Waals surface area contributed by atoms with Crippen molar-refractivity contribution in [1.82, 2.24) is 20.5 Å². The summed E-state index contributed by atoms with van der Waals surface area (Å²) in [5, 5.41) is 9.59. The Labute approximate surface area is 266 Å². The van der Waals surface area contributed by atoms with E-state index in [0.717, 1.165) is 16.6 Å². The Hall–Kier alpha value is -4.38. The standard InChI is InChI=1S/C32H34Cl2N6O4/c1-20-11-12-21-7-6-10-27(30(21)37-20)44-19-24-25(33)13-14-26(29(24)34)40(4)28(41)18-36-32(43)38-23-9-5-8-22(17-23)31(42)35-15-16-39(2)3/h5-14,17H,15-16,18-19H2,1-4H3,(H,35,42)(H2,36,38,43). The summed E-state index contributed by atoms with van der Waals surface area (Å²) in [7, 11) is 5.39. The highest BCUT2D eigenvalue weighted by atomic mass is 35.5. The third kappa shape index (κ3) is 8.37. The Morgan fingerprint density at radius 1 is 0.932 bits per heavy atom. The van der Waals surface area contributed by atoms with Gasteiger partial charge in [0.15, 0.2) is 0 Å². The molecule has 12 heteroatoms. The predicted molar refractivity (Wildman–Crippen MR) is 175 cm³/mol. The van der Waals surface area contributed by atoms with Gasteiger partial charge in [0.1, 0.15) is 17.9 Å². The highest BCUT2D eigenvalue weighted by molar-refractivity contribution is 6.38. The van der Waals surface area contributed by atoms with Crippen LogP contribution in [0.15, 0.2) is 66.7 Å². The average Bonchev–Trinajstić information content (AvgIpc) is 2.99. The van der Waals surface area contributed by atoms with E-state index in [9.17, 15) is 14.4 Å². The van der Waals surface area contributed by atoms with E-state index in [1.807, 2.05) is 56.3 Å². The zero-order valence-electron chi connectivity index (χ0n) is 24.9. The van der Waals surface area contributed by atoms with E-state index in [1.54, 1.807) is 43.4 Å². The van der Waals surface area contributed by atoms with Gasteiger partial charge in [-0.1, -0.05) is 47.5 Å². The first kappa shape index (κ1) is 32.5. The van der Waals surface area contributed by atoms with Gasteiger partial charge in [-0.05, 0) is 63.5 Å². The van der Waals surface area contributed by atoms with Crippen LogP contribution in [0.25, 0.3) is 10.9 Å². The molecule has 0 unspecified atom stereocenters. The Balaban J connectivity index is 1.36. The van der Waals surface area contributed by atoms with Gasteiger partial charge in [0.2, 0.25) is 5.91 Å². The largest absolute Gasteiger partial charge is 0.487 e. The molecule has 230 valence electrons. The molecule has 0 saturated carbocycles. The molecule has 4 amide bonds. The minimum absolute atomic E-state index is 0.0513. The van der Waals surface area contributed by atoms with Crippen molar-refractivity contribution in [3.63, 3.8) is 0 Å². The van der Waals surface area contributed by atoms with Crippen LogP contribution in [0.1, 0.15) is 21.6 Å². The predicted octanol–water partition coefficient (Wildman–Crippen LogP) is 5.50. The van der Waals surface area contributed by atoms with Gasteiger partial charge in [0, 0.05) is 53.1 Å². The highest BCUT2D eigenvalue weighted by Gasteiger charge is 2.20. The maximum Gasteiger partial charge on any atom is 0.319 e. The number of fused-ring (bicyclic) bond motifs is 1. The molecule has 0 aliphatic heterocycles. The first-order chi connectivity index (χ1) is 21.0. The fraction of sp³-hybridized carbons (Fsp3) is 0.250. The molecule has 1 heterocycles. The highest BCUT2D eigenvalue weighted by Crippen LogP contribution is 2.35. The molecule has 0 atom stereocenters. The Kier molecular flexibility index (Phi) is 11.0. The maximum atomic E-state index is 13.0. The summed E-state index contributed by atoms with van der Waals surface area (Å²) in [6.07, 6.45) is 0. The second-order valence-electron chi connectivity index (χ2n) is 10.3. The lowest BCUT2D eigenvalue weighted by molar-refractivity contribution is -0.117. The summed E-state index contributed by atoms with van der Waals surface area (Å²) >= 11 is 13.2. The Morgan fingerprint density at radius 2 is 1.70 bits per heavy atom. The molecule has 1 aromatic heterocycles. The Bertz CT molecular complexity index is 1680. The van der Waals surface area contributed by atoms with Crippen LogP contribution >= 0.6 is 23.2 Å². The quantitative estimate of drug-likeness (QED) is 0.200. The molecule has 0 aliphatic carbocycles. The van der Waals surface area contributed by atoms with Gasteiger partial charge in [-0.15, -0.1) is 0 Å². The first-order valence-corrected chi connectivity index (χ1v) is 14.6. The van der Waals surface area contributed by atoms with Crippen LogP contribution in [0.5, 0.6) is 5.75 Å². The zero-order valence-corrected chi connectivity index (χ0v) is 26.4. The first-order valence-electron chi connectivity index (χ1n) is 13.8. The van der Waals surface area contributed by atoms with Crippen molar-refractivity contribution >= 4 is 63.3 Å². The second kappa shape index (κ2) is 14.9. The number of aromatic nitrogens is 1. The fourth-order valence-corrected chi connectivity index (χ4v) is 4.88. The number of rotatable bonds is 11. The van der Waals surface area contributed by atoms with Crippen molar-refractivity contribution in [2.75, 3.05) is 51.0 Å². The number of pyridine rings is 1. The number of anilines is 2. The number of hydrogen-bond acceptors (Lipinski definition) is 6. The van der Waals surface area contributed by atoms with E-state index in [4.69, 9.17) is 27.9 Å². The molecule has 4 rings (SSSR count). The summed E-state index contributed by atoms with van der Waals surface area (Å²) in [6, 6.07) is 18.8. The number of para-hydroxylation sites is 1. The summed E-state index contributed by atoms with van der Waals surface area (Å²) in [4.78, 5) is 45.8. The van der Waals surface area contributed by atoms with Crippen molar-refractivity contribution < 1.29 is 19.1 Å². The van der Waals surface area contributed by atoms with Gasteiger partial charge in [0.05, 0.1) is 17.3 Å². The van der Waals surface area contributed by atoms with Gasteiger partial charge >= 0.3 is 6.03 Å². The van der Waals surface area contributed by atoms with Crippen molar-refractivity contribution in [3.05, 3.63) is 93.6 Å². The lowest BCUT2D eigenvalue weighted by atomic mass is 10.1. The lowest BCUT2D eigenvalue weighted by Gasteiger charge is -2.21. The molecular weight excluding hydrogens is 603 g/mol. The van der Waals surface area contributed by atoms with Crippen LogP contribution < -0.4 is 25.6 Å². The van der Waals surface area contributed by atoms with Crippen LogP contribution in [-0.4, -0.2) is 68.5 Å². The number of urea groups is 1. The minimum atomic E-state index is -0.604. The number of nitrogens with one attached hydrogen (secondary N) is 3. The summed E-state index contributed by atoms with van der Waals surface area (Å²) in [5.41, 5.74) is 3.31. The molecule has 0 aliphatic rings. The van der Waals surface area contributed by atoms with Crippen LogP contribution in [0.2, 0.25) is 10.0 Å². The summed E-state index contributed by atoms with van der Waals surface area (Å²) in [6.45, 7) is 2.85. The van der Waals surface area contributed by atoms with E-state index in [1.165, 1.54) is 4.90 Å². The van der Waals surface area contributed by atoms with Crippen LogP contribution in [0.4, 0.5) is 16.2 Å². The number of nitrogens with zero attached hydrogens (tertiary/aromatic N) is 3. The van der Waals surface area contributed by atoms with Crippen molar-refractivity contribution in [2.45, 2.75) is 13.5 Å². The van der Waals surface area contributed by atoms with Crippen LogP contribution in [-0.2, 0) is 11.4 Å². The number of carbonyl (C=O) groups is 3. The van der Waals surface area contributed by atoms with Gasteiger partial charge in [0.25, 0.3) is 5.91 Å². The normalized spacial score (nSPS) is 10.9. The topological polar surface area (TPSA) is 116 Å². The molecule has 0 radical (unpaired) electrons. The minimum Gasteiger partial charge on any atom is -0.487 e. The number of benzene rings is 3. The van der Waals surface area contributed by atoms with Gasteiger partial charge in [-0.2, -0.15) is 0 Å². The molecule has 0 saturated heterocycles. The molecule has 0 fully saturated rings. The van der Waals surface area contributed by atoms with Gasteiger partial charge in [-0.25, -0.2) is 9.78 Å². The maximum absolute atomic E-state index is 13.0. The van der Waals surface area contributed by atoms with Crippen LogP contribution in [0.3, 0.4) is 0 Å².